The van der Waals surface area contributed by atoms with Crippen LogP contribution in [0.15, 0.2) is 4.79 Å². The van der Waals surface area contributed by atoms with Crippen molar-refractivity contribution in [1.82, 2.24) is 9.97 Å². The largest absolute Gasteiger partial charge is 0.310 e. The van der Waals surface area contributed by atoms with Gasteiger partial charge in [-0.1, -0.05) is 13.3 Å². The van der Waals surface area contributed by atoms with E-state index in [1.165, 1.54) is 29.7 Å². The first-order valence-corrected chi connectivity index (χ1v) is 7.14. The number of nitrogens with zero attached hydrogens (tertiary/aromatic N) is 1. The summed E-state index contributed by atoms with van der Waals surface area (Å²) in [7, 11) is 0. The Bertz CT molecular complexity index is 612. The number of fused-ring (bicyclic) bond motifs is 3. The topological polar surface area (TPSA) is 45.8 Å². The van der Waals surface area contributed by atoms with Gasteiger partial charge in [0.05, 0.1) is 5.39 Å². The van der Waals surface area contributed by atoms with Gasteiger partial charge in [-0.3, -0.25) is 4.79 Å². The van der Waals surface area contributed by atoms with Crippen molar-refractivity contribution in [3.63, 3.8) is 0 Å². The van der Waals surface area contributed by atoms with Gasteiger partial charge in [0.1, 0.15) is 10.7 Å². The van der Waals surface area contributed by atoms with Crippen LogP contribution in [0.3, 0.4) is 0 Å². The zero-order chi connectivity index (χ0) is 11.8. The Balaban J connectivity index is 2.28. The van der Waals surface area contributed by atoms with Gasteiger partial charge in [-0.25, -0.2) is 4.98 Å². The number of H-pyrrole nitrogens is 1. The molecule has 0 saturated heterocycles. The molecule has 90 valence electrons. The Morgan fingerprint density at radius 1 is 1.29 bits per heavy atom. The van der Waals surface area contributed by atoms with E-state index in [-0.39, 0.29) is 5.56 Å². The molecule has 1 aliphatic carbocycles. The Morgan fingerprint density at radius 3 is 2.94 bits per heavy atom. The smallest absolute Gasteiger partial charge is 0.259 e. The Morgan fingerprint density at radius 2 is 2.12 bits per heavy atom. The van der Waals surface area contributed by atoms with Gasteiger partial charge in [0.15, 0.2) is 0 Å². The number of nitrogens with one attached hydrogen (secondary N) is 1. The van der Waals surface area contributed by atoms with Gasteiger partial charge in [0, 0.05) is 11.3 Å². The Kier molecular flexibility index (Phi) is 2.74. The van der Waals surface area contributed by atoms with E-state index in [2.05, 4.69) is 9.97 Å². The molecule has 1 N–H and O–H groups in total. The van der Waals surface area contributed by atoms with Crippen LogP contribution in [-0.4, -0.2) is 9.97 Å². The summed E-state index contributed by atoms with van der Waals surface area (Å²) in [5.41, 5.74) is 1.34. The fourth-order valence-electron chi connectivity index (χ4n) is 2.55. The van der Waals surface area contributed by atoms with Crippen molar-refractivity contribution in [2.75, 3.05) is 0 Å². The molecule has 0 spiro atoms. The highest BCUT2D eigenvalue weighted by Gasteiger charge is 2.18. The highest BCUT2D eigenvalue weighted by Crippen LogP contribution is 2.32. The van der Waals surface area contributed by atoms with E-state index in [9.17, 15) is 4.79 Å². The lowest BCUT2D eigenvalue weighted by atomic mass is 10.1. The first-order valence-electron chi connectivity index (χ1n) is 6.33. The Hall–Kier alpha value is -1.16. The molecule has 0 unspecified atom stereocenters. The molecule has 4 heteroatoms. The summed E-state index contributed by atoms with van der Waals surface area (Å²) in [5.74, 6) is 0.805. The van der Waals surface area contributed by atoms with Gasteiger partial charge in [-0.05, 0) is 31.2 Å². The van der Waals surface area contributed by atoms with E-state index >= 15 is 0 Å². The quantitative estimate of drug-likeness (QED) is 0.789. The minimum Gasteiger partial charge on any atom is -0.310 e. The molecule has 2 aromatic rings. The zero-order valence-corrected chi connectivity index (χ0v) is 10.8. The second-order valence-electron chi connectivity index (χ2n) is 4.61. The minimum absolute atomic E-state index is 0.0613. The third-order valence-electron chi connectivity index (χ3n) is 3.46. The lowest BCUT2D eigenvalue weighted by molar-refractivity contribution is 0.713. The predicted octanol–water partition coefficient (Wildman–Crippen LogP) is 2.82. The molecular weight excluding hydrogens is 232 g/mol. The molecule has 0 bridgehead atoms. The van der Waals surface area contributed by atoms with E-state index < -0.39 is 0 Å². The molecule has 0 atom stereocenters. The van der Waals surface area contributed by atoms with Crippen molar-refractivity contribution in [2.24, 2.45) is 0 Å². The van der Waals surface area contributed by atoms with E-state index in [1.54, 1.807) is 11.3 Å². The van der Waals surface area contributed by atoms with Crippen LogP contribution in [-0.2, 0) is 19.3 Å². The average molecular weight is 248 g/mol. The highest BCUT2D eigenvalue weighted by atomic mass is 32.1. The van der Waals surface area contributed by atoms with Crippen LogP contribution in [0.1, 0.15) is 42.5 Å². The van der Waals surface area contributed by atoms with E-state index in [0.29, 0.717) is 0 Å². The van der Waals surface area contributed by atoms with Crippen LogP contribution in [0.25, 0.3) is 10.2 Å². The molecule has 0 saturated carbocycles. The average Bonchev–Trinajstić information content (AvgIpc) is 2.52. The first-order chi connectivity index (χ1) is 8.29. The summed E-state index contributed by atoms with van der Waals surface area (Å²) in [6, 6.07) is 0. The summed E-state index contributed by atoms with van der Waals surface area (Å²) >= 11 is 1.73. The third kappa shape index (κ3) is 1.80. The number of hydrogen-bond acceptors (Lipinski definition) is 3. The Labute approximate surface area is 104 Å². The van der Waals surface area contributed by atoms with Gasteiger partial charge in [-0.15, -0.1) is 11.3 Å². The molecular formula is C13H16N2OS. The minimum atomic E-state index is 0.0613. The lowest BCUT2D eigenvalue weighted by Gasteiger charge is -1.98. The molecule has 0 aliphatic heterocycles. The van der Waals surface area contributed by atoms with Gasteiger partial charge in [-0.2, -0.15) is 0 Å². The molecule has 3 nitrogen and oxygen atoms in total. The number of rotatable bonds is 1. The van der Waals surface area contributed by atoms with Crippen LogP contribution < -0.4 is 5.56 Å². The van der Waals surface area contributed by atoms with Crippen LogP contribution in [0.4, 0.5) is 0 Å². The number of aryl methyl sites for hydroxylation is 3. The summed E-state index contributed by atoms with van der Waals surface area (Å²) in [6.45, 7) is 2.02. The van der Waals surface area contributed by atoms with E-state index in [0.717, 1.165) is 35.3 Å². The first kappa shape index (κ1) is 11.0. The summed E-state index contributed by atoms with van der Waals surface area (Å²) < 4.78 is 0. The normalized spacial score (nSPS) is 15.8. The number of hydrogen-bond donors (Lipinski definition) is 1. The number of aromatic amines is 1. The van der Waals surface area contributed by atoms with Crippen molar-refractivity contribution < 1.29 is 0 Å². The summed E-state index contributed by atoms with van der Waals surface area (Å²) in [4.78, 5) is 21.9. The van der Waals surface area contributed by atoms with Crippen LogP contribution in [0, 0.1) is 0 Å². The monoisotopic (exact) mass is 248 g/mol. The second kappa shape index (κ2) is 4.26. The second-order valence-corrected chi connectivity index (χ2v) is 5.69. The summed E-state index contributed by atoms with van der Waals surface area (Å²) in [6.07, 6.45) is 6.68. The van der Waals surface area contributed by atoms with Crippen LogP contribution in [0.2, 0.25) is 0 Å². The predicted molar refractivity (Wildman–Crippen MR) is 70.9 cm³/mol. The SMILES string of the molecule is CCc1nc2sc3c(c2c(=O)[nH]1)CCCCC3. The number of aromatic nitrogens is 2. The molecule has 2 aromatic heterocycles. The van der Waals surface area contributed by atoms with Crippen molar-refractivity contribution in [1.29, 1.82) is 0 Å². The standard InChI is InChI=1S/C13H16N2OS/c1-2-10-14-12(16)11-8-6-4-3-5-7-9(8)17-13(11)15-10/h2-7H2,1H3,(H,14,15,16). The maximum atomic E-state index is 12.1. The van der Waals surface area contributed by atoms with Crippen molar-refractivity contribution >= 4 is 21.6 Å². The molecule has 0 fully saturated rings. The van der Waals surface area contributed by atoms with Gasteiger partial charge >= 0.3 is 0 Å². The lowest BCUT2D eigenvalue weighted by Crippen LogP contribution is -2.11. The molecule has 17 heavy (non-hydrogen) atoms. The molecule has 0 amide bonds. The molecule has 0 radical (unpaired) electrons. The third-order valence-corrected chi connectivity index (χ3v) is 4.64. The molecule has 0 aromatic carbocycles. The highest BCUT2D eigenvalue weighted by molar-refractivity contribution is 7.18. The van der Waals surface area contributed by atoms with Crippen molar-refractivity contribution in [3.05, 3.63) is 26.6 Å². The van der Waals surface area contributed by atoms with Gasteiger partial charge in [0.25, 0.3) is 5.56 Å². The fourth-order valence-corrected chi connectivity index (χ4v) is 3.83. The van der Waals surface area contributed by atoms with Crippen LogP contribution >= 0.6 is 11.3 Å². The van der Waals surface area contributed by atoms with Crippen molar-refractivity contribution in [3.8, 4) is 0 Å². The van der Waals surface area contributed by atoms with Gasteiger partial charge in [0.2, 0.25) is 0 Å². The number of thiophene rings is 1. The molecule has 3 rings (SSSR count). The van der Waals surface area contributed by atoms with E-state index in [4.69, 9.17) is 0 Å². The molecule has 2 heterocycles. The van der Waals surface area contributed by atoms with Crippen LogP contribution in [0.5, 0.6) is 0 Å². The maximum Gasteiger partial charge on any atom is 0.259 e. The van der Waals surface area contributed by atoms with Gasteiger partial charge < -0.3 is 4.98 Å². The fraction of sp³-hybridized carbons (Fsp3) is 0.538. The summed E-state index contributed by atoms with van der Waals surface area (Å²) in [5, 5.41) is 0.865. The van der Waals surface area contributed by atoms with E-state index in [1.807, 2.05) is 6.92 Å². The molecule has 1 aliphatic rings. The van der Waals surface area contributed by atoms with Crippen molar-refractivity contribution in [2.45, 2.75) is 45.4 Å². The maximum absolute atomic E-state index is 12.1. The zero-order valence-electron chi connectivity index (χ0n) is 10.0.